The van der Waals surface area contributed by atoms with Gasteiger partial charge in [-0.25, -0.2) is 0 Å². The molecule has 0 fully saturated rings. The molecular formula is C7H10ClNSi. The van der Waals surface area contributed by atoms with Crippen LogP contribution in [0.5, 0.6) is 0 Å². The third kappa shape index (κ3) is 1.59. The average Bonchev–Trinajstić information content (AvgIpc) is 2.04. The van der Waals surface area contributed by atoms with Gasteiger partial charge in [-0.2, -0.15) is 0 Å². The molecule has 0 bridgehead atoms. The highest BCUT2D eigenvalue weighted by atomic mass is 35.5. The van der Waals surface area contributed by atoms with Gasteiger partial charge in [0, 0.05) is 5.88 Å². The van der Waals surface area contributed by atoms with Crippen molar-refractivity contribution in [3.8, 4) is 0 Å². The van der Waals surface area contributed by atoms with Crippen molar-refractivity contribution in [1.82, 2.24) is 0 Å². The SMILES string of the molecule is N[SiH2]c1ccccc1CCl. The van der Waals surface area contributed by atoms with Crippen LogP contribution in [0.2, 0.25) is 0 Å². The molecule has 0 radical (unpaired) electrons. The first-order chi connectivity index (χ1) is 4.88. The van der Waals surface area contributed by atoms with Crippen LogP contribution in [0.25, 0.3) is 0 Å². The second-order valence-corrected chi connectivity index (χ2v) is 3.54. The number of halogens is 1. The van der Waals surface area contributed by atoms with E-state index in [0.29, 0.717) is 5.88 Å². The number of hydrogen-bond donors (Lipinski definition) is 1. The van der Waals surface area contributed by atoms with Crippen molar-refractivity contribution in [3.05, 3.63) is 29.8 Å². The van der Waals surface area contributed by atoms with Gasteiger partial charge in [0.05, 0.1) is 0 Å². The Bertz CT molecular complexity index is 192. The minimum atomic E-state index is -0.533. The molecule has 1 aromatic rings. The highest BCUT2D eigenvalue weighted by Gasteiger charge is 1.95. The molecule has 0 amide bonds. The molecule has 0 heterocycles. The van der Waals surface area contributed by atoms with E-state index in [2.05, 4.69) is 6.07 Å². The minimum absolute atomic E-state index is 0.533. The van der Waals surface area contributed by atoms with E-state index in [1.165, 1.54) is 10.8 Å². The zero-order valence-corrected chi connectivity index (χ0v) is 7.85. The van der Waals surface area contributed by atoms with Gasteiger partial charge in [0.25, 0.3) is 0 Å². The fourth-order valence-electron chi connectivity index (χ4n) is 0.887. The summed E-state index contributed by atoms with van der Waals surface area (Å²) in [6.07, 6.45) is 0. The first-order valence-electron chi connectivity index (χ1n) is 3.21. The molecule has 0 spiro atoms. The molecule has 3 heteroatoms. The molecule has 10 heavy (non-hydrogen) atoms. The third-order valence-corrected chi connectivity index (χ3v) is 2.90. The van der Waals surface area contributed by atoms with E-state index in [-0.39, 0.29) is 0 Å². The lowest BCUT2D eigenvalue weighted by Gasteiger charge is -2.00. The van der Waals surface area contributed by atoms with Crippen LogP contribution in [0, 0.1) is 0 Å². The highest BCUT2D eigenvalue weighted by molar-refractivity contribution is 6.50. The zero-order chi connectivity index (χ0) is 7.40. The molecule has 0 aliphatic heterocycles. The Labute approximate surface area is 68.1 Å². The van der Waals surface area contributed by atoms with Gasteiger partial charge in [0.2, 0.25) is 0 Å². The van der Waals surface area contributed by atoms with Gasteiger partial charge in [0.15, 0.2) is 0 Å². The summed E-state index contributed by atoms with van der Waals surface area (Å²) < 4.78 is 0. The first-order valence-corrected chi connectivity index (χ1v) is 5.27. The number of benzene rings is 1. The van der Waals surface area contributed by atoms with Crippen LogP contribution in [0.4, 0.5) is 0 Å². The molecule has 0 saturated heterocycles. The van der Waals surface area contributed by atoms with E-state index in [9.17, 15) is 0 Å². The average molecular weight is 172 g/mol. The maximum atomic E-state index is 5.68. The molecule has 0 saturated carbocycles. The summed E-state index contributed by atoms with van der Waals surface area (Å²) in [5.41, 5.74) is 1.19. The second-order valence-electron chi connectivity index (χ2n) is 2.11. The van der Waals surface area contributed by atoms with Gasteiger partial charge in [-0.3, -0.25) is 0 Å². The Hall–Kier alpha value is -0.313. The predicted molar refractivity (Wildman–Crippen MR) is 48.4 cm³/mol. The van der Waals surface area contributed by atoms with E-state index in [1.54, 1.807) is 0 Å². The summed E-state index contributed by atoms with van der Waals surface area (Å²) in [7, 11) is -0.533. The molecule has 54 valence electrons. The molecule has 0 unspecified atom stereocenters. The Balaban J connectivity index is 2.96. The topological polar surface area (TPSA) is 26.0 Å². The van der Waals surface area contributed by atoms with E-state index < -0.39 is 9.68 Å². The summed E-state index contributed by atoms with van der Waals surface area (Å²) in [4.78, 5) is 0. The molecule has 1 rings (SSSR count). The Morgan fingerprint density at radius 3 is 2.60 bits per heavy atom. The minimum Gasteiger partial charge on any atom is -0.352 e. The monoisotopic (exact) mass is 171 g/mol. The fourth-order valence-corrected chi connectivity index (χ4v) is 2.08. The van der Waals surface area contributed by atoms with Crippen molar-refractivity contribution < 1.29 is 0 Å². The zero-order valence-electron chi connectivity index (χ0n) is 5.68. The summed E-state index contributed by atoms with van der Waals surface area (Å²) >= 11 is 5.68. The van der Waals surface area contributed by atoms with Crippen LogP contribution in [-0.2, 0) is 5.88 Å². The molecule has 2 N–H and O–H groups in total. The van der Waals surface area contributed by atoms with Crippen LogP contribution in [-0.4, -0.2) is 9.68 Å². The van der Waals surface area contributed by atoms with Crippen LogP contribution in [0.1, 0.15) is 5.56 Å². The van der Waals surface area contributed by atoms with Gasteiger partial charge >= 0.3 is 0 Å². The van der Waals surface area contributed by atoms with Gasteiger partial charge in [-0.1, -0.05) is 24.3 Å². The summed E-state index contributed by atoms with van der Waals surface area (Å²) in [5, 5.41) is 6.88. The van der Waals surface area contributed by atoms with Gasteiger partial charge < -0.3 is 5.40 Å². The van der Waals surface area contributed by atoms with Crippen molar-refractivity contribution in [2.45, 2.75) is 5.88 Å². The van der Waals surface area contributed by atoms with Crippen LogP contribution >= 0.6 is 11.6 Å². The van der Waals surface area contributed by atoms with Gasteiger partial charge in [-0.15, -0.1) is 11.6 Å². The summed E-state index contributed by atoms with van der Waals surface area (Å²) in [6.45, 7) is 0. The van der Waals surface area contributed by atoms with Crippen LogP contribution < -0.4 is 10.6 Å². The van der Waals surface area contributed by atoms with E-state index in [1.807, 2.05) is 18.2 Å². The largest absolute Gasteiger partial charge is 0.352 e. The molecule has 0 aliphatic rings. The van der Waals surface area contributed by atoms with Crippen molar-refractivity contribution in [3.63, 3.8) is 0 Å². The van der Waals surface area contributed by atoms with Crippen molar-refractivity contribution in [1.29, 1.82) is 0 Å². The second kappa shape index (κ2) is 3.76. The predicted octanol–water partition coefficient (Wildman–Crippen LogP) is 0.0932. The quantitative estimate of drug-likeness (QED) is 0.496. The normalized spacial score (nSPS) is 11.0. The van der Waals surface area contributed by atoms with Gasteiger partial charge in [-0.05, 0) is 10.8 Å². The maximum Gasteiger partial charge on any atom is 0.122 e. The molecule has 0 aromatic heterocycles. The van der Waals surface area contributed by atoms with Crippen molar-refractivity contribution in [2.24, 2.45) is 5.40 Å². The number of nitrogens with two attached hydrogens (primary N) is 1. The van der Waals surface area contributed by atoms with Crippen molar-refractivity contribution in [2.75, 3.05) is 0 Å². The lowest BCUT2D eigenvalue weighted by atomic mass is 10.2. The maximum absolute atomic E-state index is 5.68. The lowest BCUT2D eigenvalue weighted by molar-refractivity contribution is 1.43. The van der Waals surface area contributed by atoms with Crippen molar-refractivity contribution >= 4 is 26.5 Å². The summed E-state index contributed by atoms with van der Waals surface area (Å²) in [6, 6.07) is 8.09. The Kier molecular flexibility index (Phi) is 2.93. The smallest absolute Gasteiger partial charge is 0.122 e. The van der Waals surface area contributed by atoms with Gasteiger partial charge in [0.1, 0.15) is 9.68 Å². The van der Waals surface area contributed by atoms with E-state index in [0.717, 1.165) is 0 Å². The Morgan fingerprint density at radius 1 is 1.40 bits per heavy atom. The van der Waals surface area contributed by atoms with E-state index in [4.69, 9.17) is 17.0 Å². The molecule has 0 atom stereocenters. The highest BCUT2D eigenvalue weighted by Crippen LogP contribution is 1.98. The third-order valence-electron chi connectivity index (χ3n) is 1.48. The fraction of sp³-hybridized carbons (Fsp3) is 0.143. The number of hydrogen-bond acceptors (Lipinski definition) is 1. The number of rotatable bonds is 2. The first kappa shape index (κ1) is 7.79. The number of alkyl halides is 1. The van der Waals surface area contributed by atoms with Crippen LogP contribution in [0.3, 0.4) is 0 Å². The standard InChI is InChI=1S/C7H10ClNSi/c8-5-6-3-1-2-4-7(6)10-9/h1-4H,5,9-10H2. The molecule has 0 aliphatic carbocycles. The van der Waals surface area contributed by atoms with E-state index >= 15 is 0 Å². The van der Waals surface area contributed by atoms with Crippen LogP contribution in [0.15, 0.2) is 24.3 Å². The molecule has 1 nitrogen and oxygen atoms in total. The lowest BCUT2D eigenvalue weighted by Crippen LogP contribution is -2.25. The summed E-state index contributed by atoms with van der Waals surface area (Å²) in [5.74, 6) is 0.584. The molecular weight excluding hydrogens is 162 g/mol. The molecule has 1 aromatic carbocycles. The Morgan fingerprint density at radius 2 is 2.10 bits per heavy atom.